The fourth-order valence-electron chi connectivity index (χ4n) is 4.10. The minimum Gasteiger partial charge on any atom is -0.463 e. The van der Waals surface area contributed by atoms with Crippen LogP contribution < -0.4 is 0 Å². The lowest BCUT2D eigenvalue weighted by atomic mass is 9.60. The molecule has 0 aromatic heterocycles. The first kappa shape index (κ1) is 27.9. The molecule has 0 aliphatic carbocycles. The number of carbonyl (C=O) groups is 2. The van der Waals surface area contributed by atoms with Crippen LogP contribution in [0.4, 0.5) is 0 Å². The van der Waals surface area contributed by atoms with Crippen molar-refractivity contribution in [2.75, 3.05) is 0 Å². The van der Waals surface area contributed by atoms with E-state index in [1.807, 2.05) is 27.7 Å². The number of hydrogen-bond acceptors (Lipinski definition) is 4. The van der Waals surface area contributed by atoms with Gasteiger partial charge in [-0.3, -0.25) is 9.59 Å². The van der Waals surface area contributed by atoms with Crippen LogP contribution in [0.1, 0.15) is 115 Å². The smallest absolute Gasteiger partial charge is 0.313 e. The van der Waals surface area contributed by atoms with E-state index >= 15 is 0 Å². The molecule has 2 unspecified atom stereocenters. The van der Waals surface area contributed by atoms with Crippen molar-refractivity contribution in [1.82, 2.24) is 0 Å². The fraction of sp³-hybridized carbons (Fsp3) is 0.920. The van der Waals surface area contributed by atoms with Crippen molar-refractivity contribution in [3.63, 3.8) is 0 Å². The van der Waals surface area contributed by atoms with Crippen LogP contribution in [0.2, 0.25) is 0 Å². The van der Waals surface area contributed by atoms with E-state index in [1.165, 1.54) is 0 Å². The van der Waals surface area contributed by atoms with Gasteiger partial charge in [0.15, 0.2) is 0 Å². The maximum absolute atomic E-state index is 13.6. The molecule has 0 aromatic carbocycles. The Kier molecular flexibility index (Phi) is 10.9. The molecule has 0 amide bonds. The molecule has 4 nitrogen and oxygen atoms in total. The van der Waals surface area contributed by atoms with Crippen molar-refractivity contribution in [1.29, 1.82) is 0 Å². The van der Waals surface area contributed by atoms with Crippen molar-refractivity contribution in [2.45, 2.75) is 127 Å². The number of rotatable bonds is 11. The summed E-state index contributed by atoms with van der Waals surface area (Å²) in [6.45, 7) is 22.4. The average molecular weight is 413 g/mol. The number of esters is 2. The van der Waals surface area contributed by atoms with E-state index in [9.17, 15) is 9.59 Å². The van der Waals surface area contributed by atoms with Gasteiger partial charge in [-0.1, -0.05) is 67.7 Å². The van der Waals surface area contributed by atoms with Crippen molar-refractivity contribution in [3.8, 4) is 0 Å². The summed E-state index contributed by atoms with van der Waals surface area (Å²) in [5, 5.41) is 0. The van der Waals surface area contributed by atoms with Gasteiger partial charge in [-0.25, -0.2) is 0 Å². The van der Waals surface area contributed by atoms with E-state index in [-0.39, 0.29) is 35.0 Å². The third-order valence-corrected chi connectivity index (χ3v) is 4.94. The number of hydrogen-bond donors (Lipinski definition) is 0. The summed E-state index contributed by atoms with van der Waals surface area (Å²) in [4.78, 5) is 27.0. The lowest BCUT2D eigenvalue weighted by Gasteiger charge is -2.44. The summed E-state index contributed by atoms with van der Waals surface area (Å²) in [5.74, 6) is -1.03. The monoisotopic (exact) mass is 412 g/mol. The highest BCUT2D eigenvalue weighted by molar-refractivity contribution is 5.85. The molecule has 29 heavy (non-hydrogen) atoms. The first-order chi connectivity index (χ1) is 13.0. The summed E-state index contributed by atoms with van der Waals surface area (Å²) >= 11 is 0. The van der Waals surface area contributed by atoms with Gasteiger partial charge in [0.05, 0.1) is 23.5 Å². The second-order valence-electron chi connectivity index (χ2n) is 11.6. The second kappa shape index (κ2) is 11.4. The topological polar surface area (TPSA) is 52.6 Å². The Morgan fingerprint density at radius 3 is 1.69 bits per heavy atom. The van der Waals surface area contributed by atoms with E-state index in [2.05, 4.69) is 48.5 Å². The van der Waals surface area contributed by atoms with E-state index in [1.54, 1.807) is 0 Å². The van der Waals surface area contributed by atoms with Crippen molar-refractivity contribution < 1.29 is 19.1 Å². The molecule has 0 aliphatic heterocycles. The molecule has 0 rings (SSSR count). The largest absolute Gasteiger partial charge is 0.463 e. The SMILES string of the molecule is CCCCCC(CC(C)(C)C)(C(=O)OC(C)C)C(CC(C)(C)C)C(=O)OC(C)C. The summed E-state index contributed by atoms with van der Waals surface area (Å²) in [5.41, 5.74) is -1.12. The summed E-state index contributed by atoms with van der Waals surface area (Å²) in [7, 11) is 0. The minimum absolute atomic E-state index is 0.118. The molecule has 0 radical (unpaired) electrons. The van der Waals surface area contributed by atoms with Crippen LogP contribution in [0.3, 0.4) is 0 Å². The van der Waals surface area contributed by atoms with Gasteiger partial charge in [0.25, 0.3) is 0 Å². The lowest BCUT2D eigenvalue weighted by molar-refractivity contribution is -0.179. The molecule has 0 bridgehead atoms. The van der Waals surface area contributed by atoms with E-state index in [0.717, 1.165) is 19.3 Å². The van der Waals surface area contributed by atoms with Gasteiger partial charge in [0.1, 0.15) is 0 Å². The van der Waals surface area contributed by atoms with Crippen molar-refractivity contribution >= 4 is 11.9 Å². The van der Waals surface area contributed by atoms with Gasteiger partial charge in [0, 0.05) is 0 Å². The van der Waals surface area contributed by atoms with Gasteiger partial charge in [-0.05, 0) is 57.8 Å². The molecule has 172 valence electrons. The van der Waals surface area contributed by atoms with Gasteiger partial charge in [-0.15, -0.1) is 0 Å². The van der Waals surface area contributed by atoms with Gasteiger partial charge >= 0.3 is 11.9 Å². The molecule has 0 heterocycles. The molecular formula is C25H48O4. The van der Waals surface area contributed by atoms with Crippen LogP contribution in [-0.4, -0.2) is 24.1 Å². The number of ether oxygens (including phenoxy) is 2. The Hall–Kier alpha value is -1.06. The summed E-state index contributed by atoms with van der Waals surface area (Å²) in [6.07, 6.45) is 4.40. The number of carbonyl (C=O) groups excluding carboxylic acids is 2. The molecule has 2 atom stereocenters. The maximum atomic E-state index is 13.6. The van der Waals surface area contributed by atoms with Crippen LogP contribution in [0.25, 0.3) is 0 Å². The normalized spacial score (nSPS) is 15.9. The predicted molar refractivity (Wildman–Crippen MR) is 121 cm³/mol. The van der Waals surface area contributed by atoms with Gasteiger partial charge in [-0.2, -0.15) is 0 Å². The van der Waals surface area contributed by atoms with Crippen LogP contribution in [0.5, 0.6) is 0 Å². The Morgan fingerprint density at radius 2 is 1.31 bits per heavy atom. The van der Waals surface area contributed by atoms with E-state index in [4.69, 9.17) is 9.47 Å². The summed E-state index contributed by atoms with van der Waals surface area (Å²) in [6, 6.07) is 0. The Balaban J connectivity index is 6.50. The van der Waals surface area contributed by atoms with Crippen LogP contribution in [0, 0.1) is 22.2 Å². The molecule has 4 heteroatoms. The van der Waals surface area contributed by atoms with Gasteiger partial charge < -0.3 is 9.47 Å². The van der Waals surface area contributed by atoms with E-state index in [0.29, 0.717) is 19.3 Å². The first-order valence-corrected chi connectivity index (χ1v) is 11.5. The fourth-order valence-corrected chi connectivity index (χ4v) is 4.10. The molecule has 0 saturated carbocycles. The van der Waals surface area contributed by atoms with Crippen molar-refractivity contribution in [2.24, 2.45) is 22.2 Å². The van der Waals surface area contributed by atoms with Crippen LogP contribution in [-0.2, 0) is 19.1 Å². The average Bonchev–Trinajstić information content (AvgIpc) is 2.48. The molecule has 0 fully saturated rings. The Bertz CT molecular complexity index is 508. The van der Waals surface area contributed by atoms with Crippen LogP contribution >= 0.6 is 0 Å². The second-order valence-corrected chi connectivity index (χ2v) is 11.6. The standard InChI is InChI=1S/C25H48O4/c1-12-13-14-15-25(17-24(9,10)11,22(27)29-19(4)5)20(16-23(6,7)8)21(26)28-18(2)3/h18-20H,12-17H2,1-11H3. The molecule has 0 saturated heterocycles. The maximum Gasteiger partial charge on any atom is 0.313 e. The highest BCUT2D eigenvalue weighted by atomic mass is 16.6. The lowest BCUT2D eigenvalue weighted by Crippen LogP contribution is -2.49. The third-order valence-electron chi connectivity index (χ3n) is 4.94. The molecule has 0 spiro atoms. The molecule has 0 N–H and O–H groups in total. The summed E-state index contributed by atoms with van der Waals surface area (Å²) < 4.78 is 11.5. The Labute approximate surface area is 180 Å². The highest BCUT2D eigenvalue weighted by Gasteiger charge is 2.53. The molecule has 0 aromatic rings. The zero-order valence-corrected chi connectivity index (χ0v) is 21.1. The minimum atomic E-state index is -0.878. The highest BCUT2D eigenvalue weighted by Crippen LogP contribution is 2.49. The third kappa shape index (κ3) is 10.5. The Morgan fingerprint density at radius 1 is 0.793 bits per heavy atom. The predicted octanol–water partition coefficient (Wildman–Crippen LogP) is 6.94. The van der Waals surface area contributed by atoms with Gasteiger partial charge in [0.2, 0.25) is 0 Å². The van der Waals surface area contributed by atoms with Crippen LogP contribution in [0.15, 0.2) is 0 Å². The zero-order chi connectivity index (χ0) is 23.0. The number of unbranched alkanes of at least 4 members (excludes halogenated alkanes) is 2. The first-order valence-electron chi connectivity index (χ1n) is 11.5. The van der Waals surface area contributed by atoms with Crippen molar-refractivity contribution in [3.05, 3.63) is 0 Å². The quantitative estimate of drug-likeness (QED) is 0.272. The molecular weight excluding hydrogens is 364 g/mol. The molecule has 0 aliphatic rings. The zero-order valence-electron chi connectivity index (χ0n) is 21.1. The van der Waals surface area contributed by atoms with E-state index < -0.39 is 11.3 Å².